The molecule has 0 radical (unpaired) electrons. The third kappa shape index (κ3) is 4.82. The Morgan fingerprint density at radius 2 is 1.90 bits per heavy atom. The molecule has 2 nitrogen and oxygen atoms in total. The second-order valence-corrected chi connectivity index (χ2v) is 6.40. The van der Waals surface area contributed by atoms with E-state index in [0.29, 0.717) is 6.04 Å². The van der Waals surface area contributed by atoms with Gasteiger partial charge in [0.05, 0.1) is 0 Å². The van der Waals surface area contributed by atoms with Gasteiger partial charge in [0.2, 0.25) is 0 Å². The van der Waals surface area contributed by atoms with Gasteiger partial charge >= 0.3 is 0 Å². The van der Waals surface area contributed by atoms with Crippen molar-refractivity contribution in [2.24, 2.45) is 0 Å². The van der Waals surface area contributed by atoms with Crippen LogP contribution in [0.4, 0.5) is 0 Å². The quantitative estimate of drug-likeness (QED) is 0.845. The zero-order valence-corrected chi connectivity index (χ0v) is 14.1. The van der Waals surface area contributed by atoms with Crippen molar-refractivity contribution in [3.05, 3.63) is 35.4 Å². The molecule has 0 aliphatic carbocycles. The number of nitrogens with zero attached hydrogens (tertiary/aromatic N) is 1. The summed E-state index contributed by atoms with van der Waals surface area (Å²) in [6, 6.07) is 10.4. The van der Waals surface area contributed by atoms with Crippen molar-refractivity contribution < 1.29 is 0 Å². The molecule has 0 amide bonds. The van der Waals surface area contributed by atoms with Crippen LogP contribution in [-0.2, 0) is 6.42 Å². The molecule has 118 valence electrons. The first kappa shape index (κ1) is 16.5. The summed E-state index contributed by atoms with van der Waals surface area (Å²) in [6.07, 6.45) is 6.63. The van der Waals surface area contributed by atoms with Crippen LogP contribution in [0.25, 0.3) is 0 Å². The summed E-state index contributed by atoms with van der Waals surface area (Å²) in [5.41, 5.74) is 2.86. The fourth-order valence-electron chi connectivity index (χ4n) is 3.36. The predicted octanol–water partition coefficient (Wildman–Crippen LogP) is 4.16. The number of hydrogen-bond donors (Lipinski definition) is 1. The van der Waals surface area contributed by atoms with Crippen molar-refractivity contribution in [2.75, 3.05) is 19.6 Å². The lowest BCUT2D eigenvalue weighted by Gasteiger charge is -2.31. The van der Waals surface area contributed by atoms with Gasteiger partial charge in [-0.15, -0.1) is 0 Å². The fourth-order valence-corrected chi connectivity index (χ4v) is 3.36. The Balaban J connectivity index is 2.06. The highest BCUT2D eigenvalue weighted by atomic mass is 15.2. The molecule has 1 aromatic carbocycles. The zero-order valence-electron chi connectivity index (χ0n) is 14.1. The molecule has 2 heteroatoms. The molecule has 1 heterocycles. The molecule has 0 spiro atoms. The van der Waals surface area contributed by atoms with Gasteiger partial charge < -0.3 is 5.32 Å². The number of nitrogens with one attached hydrogen (secondary N) is 1. The molecule has 1 fully saturated rings. The lowest BCUT2D eigenvalue weighted by atomic mass is 10.0. The molecule has 1 aliphatic heterocycles. The summed E-state index contributed by atoms with van der Waals surface area (Å²) >= 11 is 0. The van der Waals surface area contributed by atoms with E-state index in [1.165, 1.54) is 43.4 Å². The van der Waals surface area contributed by atoms with Gasteiger partial charge in [0.1, 0.15) is 0 Å². The van der Waals surface area contributed by atoms with Crippen LogP contribution in [0.15, 0.2) is 24.3 Å². The Kier molecular flexibility index (Phi) is 6.72. The third-order valence-electron chi connectivity index (χ3n) is 4.85. The smallest absolute Gasteiger partial charge is 0.0449 e. The van der Waals surface area contributed by atoms with Crippen LogP contribution in [0.2, 0.25) is 0 Å². The average molecular weight is 288 g/mol. The Labute approximate surface area is 130 Å². The van der Waals surface area contributed by atoms with Crippen molar-refractivity contribution in [1.29, 1.82) is 0 Å². The molecule has 0 bridgehead atoms. The third-order valence-corrected chi connectivity index (χ3v) is 4.85. The Morgan fingerprint density at radius 3 is 2.57 bits per heavy atom. The largest absolute Gasteiger partial charge is 0.309 e. The van der Waals surface area contributed by atoms with Gasteiger partial charge in [-0.3, -0.25) is 4.90 Å². The van der Waals surface area contributed by atoms with Crippen LogP contribution in [-0.4, -0.2) is 30.6 Å². The Morgan fingerprint density at radius 1 is 1.14 bits per heavy atom. The maximum Gasteiger partial charge on any atom is 0.0449 e. The van der Waals surface area contributed by atoms with E-state index in [9.17, 15) is 0 Å². The van der Waals surface area contributed by atoms with E-state index in [4.69, 9.17) is 0 Å². The van der Waals surface area contributed by atoms with Crippen LogP contribution in [0.1, 0.15) is 63.6 Å². The van der Waals surface area contributed by atoms with E-state index in [2.05, 4.69) is 55.3 Å². The van der Waals surface area contributed by atoms with Gasteiger partial charge in [-0.2, -0.15) is 0 Å². The Bertz CT molecular complexity index is 399. The van der Waals surface area contributed by atoms with E-state index in [1.54, 1.807) is 0 Å². The SMILES string of the molecule is CCNC(CN1CCCCCC1C)c1ccc(CC)cc1. The van der Waals surface area contributed by atoms with Crippen LogP contribution in [0.5, 0.6) is 0 Å². The number of hydrogen-bond acceptors (Lipinski definition) is 2. The maximum absolute atomic E-state index is 3.68. The Hall–Kier alpha value is -0.860. The molecule has 0 aromatic heterocycles. The number of benzene rings is 1. The summed E-state index contributed by atoms with van der Waals surface area (Å²) in [7, 11) is 0. The van der Waals surface area contributed by atoms with Crippen molar-refractivity contribution in [3.63, 3.8) is 0 Å². The van der Waals surface area contributed by atoms with Gasteiger partial charge in [-0.25, -0.2) is 0 Å². The molecule has 1 N–H and O–H groups in total. The van der Waals surface area contributed by atoms with Gasteiger partial charge in [-0.1, -0.05) is 51.0 Å². The van der Waals surface area contributed by atoms with Crippen LogP contribution < -0.4 is 5.32 Å². The van der Waals surface area contributed by atoms with E-state index in [1.807, 2.05) is 0 Å². The molecule has 1 aromatic rings. The van der Waals surface area contributed by atoms with Crippen molar-refractivity contribution in [1.82, 2.24) is 10.2 Å². The minimum absolute atomic E-state index is 0.460. The second-order valence-electron chi connectivity index (χ2n) is 6.40. The summed E-state index contributed by atoms with van der Waals surface area (Å²) in [5.74, 6) is 0. The normalized spacial score (nSPS) is 22.0. The number of aryl methyl sites for hydroxylation is 1. The van der Waals surface area contributed by atoms with Crippen molar-refractivity contribution in [3.8, 4) is 0 Å². The lowest BCUT2D eigenvalue weighted by Crippen LogP contribution is -2.40. The van der Waals surface area contributed by atoms with E-state index < -0.39 is 0 Å². The summed E-state index contributed by atoms with van der Waals surface area (Å²) in [4.78, 5) is 2.69. The maximum atomic E-state index is 3.68. The first-order valence-corrected chi connectivity index (χ1v) is 8.80. The first-order chi connectivity index (χ1) is 10.2. The number of rotatable bonds is 6. The second kappa shape index (κ2) is 8.55. The topological polar surface area (TPSA) is 15.3 Å². The van der Waals surface area contributed by atoms with Gasteiger partial charge in [0, 0.05) is 18.6 Å². The molecule has 2 atom stereocenters. The summed E-state index contributed by atoms with van der Waals surface area (Å²) in [6.45, 7) is 10.3. The summed E-state index contributed by atoms with van der Waals surface area (Å²) < 4.78 is 0. The minimum atomic E-state index is 0.460. The monoisotopic (exact) mass is 288 g/mol. The molecule has 0 saturated carbocycles. The highest BCUT2D eigenvalue weighted by molar-refractivity contribution is 5.25. The van der Waals surface area contributed by atoms with Crippen LogP contribution in [0, 0.1) is 0 Å². The highest BCUT2D eigenvalue weighted by Gasteiger charge is 2.21. The van der Waals surface area contributed by atoms with Crippen LogP contribution in [0.3, 0.4) is 0 Å². The predicted molar refractivity (Wildman–Crippen MR) is 91.7 cm³/mol. The van der Waals surface area contributed by atoms with E-state index in [-0.39, 0.29) is 0 Å². The van der Waals surface area contributed by atoms with Crippen molar-refractivity contribution >= 4 is 0 Å². The standard InChI is InChI=1S/C19H32N2/c1-4-17-10-12-18(13-11-17)19(20-5-2)15-21-14-8-6-7-9-16(21)3/h10-13,16,19-20H,4-9,14-15H2,1-3H3. The van der Waals surface area contributed by atoms with E-state index >= 15 is 0 Å². The van der Waals surface area contributed by atoms with E-state index in [0.717, 1.165) is 25.6 Å². The summed E-state index contributed by atoms with van der Waals surface area (Å²) in [5, 5.41) is 3.68. The minimum Gasteiger partial charge on any atom is -0.309 e. The first-order valence-electron chi connectivity index (χ1n) is 8.80. The highest BCUT2D eigenvalue weighted by Crippen LogP contribution is 2.21. The fraction of sp³-hybridized carbons (Fsp3) is 0.684. The molecular formula is C19H32N2. The van der Waals surface area contributed by atoms with Gasteiger partial charge in [-0.05, 0) is 50.4 Å². The molecule has 1 saturated heterocycles. The van der Waals surface area contributed by atoms with Crippen LogP contribution >= 0.6 is 0 Å². The average Bonchev–Trinajstić information content (AvgIpc) is 2.72. The molecule has 2 rings (SSSR count). The lowest BCUT2D eigenvalue weighted by molar-refractivity contribution is 0.191. The molecule has 1 aliphatic rings. The number of likely N-dealkylation sites (tertiary alicyclic amines) is 1. The van der Waals surface area contributed by atoms with Crippen molar-refractivity contribution in [2.45, 2.75) is 65.0 Å². The van der Waals surface area contributed by atoms with Gasteiger partial charge in [0.15, 0.2) is 0 Å². The number of likely N-dealkylation sites (N-methyl/N-ethyl adjacent to an activating group) is 1. The molecule has 21 heavy (non-hydrogen) atoms. The zero-order chi connectivity index (χ0) is 15.1. The molecule has 2 unspecified atom stereocenters. The van der Waals surface area contributed by atoms with Gasteiger partial charge in [0.25, 0.3) is 0 Å². The molecular weight excluding hydrogens is 256 g/mol.